The van der Waals surface area contributed by atoms with E-state index in [-0.39, 0.29) is 24.0 Å². The van der Waals surface area contributed by atoms with Gasteiger partial charge in [0.15, 0.2) is 0 Å². The molecule has 0 aromatic heterocycles. The average molecular weight is 248 g/mol. The van der Waals surface area contributed by atoms with Gasteiger partial charge >= 0.3 is 0 Å². The van der Waals surface area contributed by atoms with E-state index in [1.165, 1.54) is 0 Å². The van der Waals surface area contributed by atoms with Crippen molar-refractivity contribution in [1.29, 1.82) is 0 Å². The molecule has 2 unspecified atom stereocenters. The third-order valence-corrected chi connectivity index (χ3v) is 3.44. The fraction of sp³-hybridized carbons (Fsp3) is 0.500. The van der Waals surface area contributed by atoms with Gasteiger partial charge in [0.25, 0.3) is 0 Å². The van der Waals surface area contributed by atoms with Crippen LogP contribution in [0.2, 0.25) is 0 Å². The van der Waals surface area contributed by atoms with E-state index in [0.29, 0.717) is 0 Å². The lowest BCUT2D eigenvalue weighted by Crippen LogP contribution is -2.33. The molecule has 1 aromatic rings. The van der Waals surface area contributed by atoms with Crippen LogP contribution in [0.3, 0.4) is 0 Å². The fourth-order valence-corrected chi connectivity index (χ4v) is 2.37. The van der Waals surface area contributed by atoms with Gasteiger partial charge in [-0.2, -0.15) is 0 Å². The Labute approximate surface area is 108 Å². The second-order valence-electron chi connectivity index (χ2n) is 4.98. The van der Waals surface area contributed by atoms with Crippen LogP contribution >= 0.6 is 0 Å². The number of likely N-dealkylation sites (N-methyl/N-ethyl adjacent to an activating group) is 1. The van der Waals surface area contributed by atoms with Crippen LogP contribution < -0.4 is 10.1 Å². The van der Waals surface area contributed by atoms with Gasteiger partial charge in [-0.1, -0.05) is 32.0 Å². The molecule has 1 fully saturated rings. The number of carbonyl (C=O) groups is 1. The predicted octanol–water partition coefficient (Wildman–Crippen LogP) is 1.78. The van der Waals surface area contributed by atoms with E-state index >= 15 is 0 Å². The Hall–Kier alpha value is -1.55. The van der Waals surface area contributed by atoms with Crippen molar-refractivity contribution in [1.82, 2.24) is 10.2 Å². The minimum atomic E-state index is -0.120. The summed E-state index contributed by atoms with van der Waals surface area (Å²) in [5.74, 6) is 1.22. The third kappa shape index (κ3) is 2.08. The highest BCUT2D eigenvalue weighted by molar-refractivity contribution is 5.84. The van der Waals surface area contributed by atoms with Gasteiger partial charge in [0.05, 0.1) is 13.2 Å². The van der Waals surface area contributed by atoms with Crippen LogP contribution in [0.25, 0.3) is 0 Å². The lowest BCUT2D eigenvalue weighted by Gasteiger charge is -2.21. The zero-order valence-corrected chi connectivity index (χ0v) is 11.3. The lowest BCUT2D eigenvalue weighted by molar-refractivity contribution is -0.129. The van der Waals surface area contributed by atoms with E-state index in [0.717, 1.165) is 11.3 Å². The van der Waals surface area contributed by atoms with Crippen LogP contribution in [-0.2, 0) is 4.79 Å². The molecule has 1 saturated heterocycles. The molecule has 1 aromatic carbocycles. The van der Waals surface area contributed by atoms with E-state index in [1.807, 2.05) is 45.2 Å². The van der Waals surface area contributed by atoms with Crippen molar-refractivity contribution in [2.75, 3.05) is 14.2 Å². The SMILES string of the molecule is COc1ccccc1C1NC(C(C)C)C(=O)N1C. The number of amides is 1. The molecule has 0 radical (unpaired) electrons. The fourth-order valence-electron chi connectivity index (χ4n) is 2.37. The number of ether oxygens (including phenoxy) is 1. The van der Waals surface area contributed by atoms with Gasteiger partial charge in [-0.25, -0.2) is 0 Å². The van der Waals surface area contributed by atoms with Gasteiger partial charge in [-0.15, -0.1) is 0 Å². The number of carbonyl (C=O) groups excluding carboxylic acids is 1. The van der Waals surface area contributed by atoms with Gasteiger partial charge in [-0.05, 0) is 12.0 Å². The van der Waals surface area contributed by atoms with Gasteiger partial charge < -0.3 is 9.64 Å². The molecular weight excluding hydrogens is 228 g/mol. The molecule has 4 heteroatoms. The van der Waals surface area contributed by atoms with E-state index in [2.05, 4.69) is 5.32 Å². The van der Waals surface area contributed by atoms with Gasteiger partial charge in [0, 0.05) is 12.6 Å². The van der Waals surface area contributed by atoms with Gasteiger partial charge in [0.2, 0.25) is 5.91 Å². The molecule has 18 heavy (non-hydrogen) atoms. The van der Waals surface area contributed by atoms with Crippen molar-refractivity contribution in [3.05, 3.63) is 29.8 Å². The second-order valence-corrected chi connectivity index (χ2v) is 4.98. The van der Waals surface area contributed by atoms with Crippen LogP contribution in [0.4, 0.5) is 0 Å². The van der Waals surface area contributed by atoms with Crippen molar-refractivity contribution in [3.8, 4) is 5.75 Å². The van der Waals surface area contributed by atoms with Crippen LogP contribution in [0.1, 0.15) is 25.6 Å². The van der Waals surface area contributed by atoms with Gasteiger partial charge in [0.1, 0.15) is 11.9 Å². The Morgan fingerprint density at radius 3 is 2.56 bits per heavy atom. The summed E-state index contributed by atoms with van der Waals surface area (Å²) in [6.07, 6.45) is -0.110. The Kier molecular flexibility index (Phi) is 3.57. The molecule has 1 N–H and O–H groups in total. The summed E-state index contributed by atoms with van der Waals surface area (Å²) in [7, 11) is 3.48. The number of hydrogen-bond donors (Lipinski definition) is 1. The first-order valence-electron chi connectivity index (χ1n) is 6.22. The zero-order valence-electron chi connectivity index (χ0n) is 11.3. The maximum absolute atomic E-state index is 12.2. The zero-order chi connectivity index (χ0) is 13.3. The highest BCUT2D eigenvalue weighted by atomic mass is 16.5. The summed E-state index contributed by atoms with van der Waals surface area (Å²) < 4.78 is 5.36. The average Bonchev–Trinajstić information content (AvgIpc) is 2.66. The topological polar surface area (TPSA) is 41.6 Å². The maximum atomic E-state index is 12.2. The Morgan fingerprint density at radius 1 is 1.33 bits per heavy atom. The Bertz CT molecular complexity index is 445. The number of benzene rings is 1. The number of hydrogen-bond acceptors (Lipinski definition) is 3. The first-order chi connectivity index (χ1) is 8.56. The first kappa shape index (κ1) is 12.9. The molecule has 1 heterocycles. The smallest absolute Gasteiger partial charge is 0.241 e. The van der Waals surface area contributed by atoms with Crippen molar-refractivity contribution in [3.63, 3.8) is 0 Å². The predicted molar refractivity (Wildman–Crippen MR) is 70.3 cm³/mol. The molecule has 1 aliphatic heterocycles. The van der Waals surface area contributed by atoms with Crippen molar-refractivity contribution >= 4 is 5.91 Å². The third-order valence-electron chi connectivity index (χ3n) is 3.44. The molecule has 98 valence electrons. The van der Waals surface area contributed by atoms with Crippen molar-refractivity contribution < 1.29 is 9.53 Å². The molecule has 2 atom stereocenters. The van der Waals surface area contributed by atoms with Crippen LogP contribution in [-0.4, -0.2) is 31.0 Å². The number of nitrogens with zero attached hydrogens (tertiary/aromatic N) is 1. The molecule has 0 saturated carbocycles. The molecular formula is C14H20N2O2. The number of para-hydroxylation sites is 1. The minimum Gasteiger partial charge on any atom is -0.496 e. The summed E-state index contributed by atoms with van der Waals surface area (Å²) in [5, 5.41) is 3.38. The number of nitrogens with one attached hydrogen (secondary N) is 1. The van der Waals surface area contributed by atoms with Crippen molar-refractivity contribution in [2.45, 2.75) is 26.1 Å². The molecule has 0 spiro atoms. The van der Waals surface area contributed by atoms with Gasteiger partial charge in [-0.3, -0.25) is 10.1 Å². The Morgan fingerprint density at radius 2 is 2.00 bits per heavy atom. The molecule has 2 rings (SSSR count). The van der Waals surface area contributed by atoms with Crippen molar-refractivity contribution in [2.24, 2.45) is 5.92 Å². The molecule has 4 nitrogen and oxygen atoms in total. The standard InChI is InChI=1S/C14H20N2O2/c1-9(2)12-14(17)16(3)13(15-12)10-7-5-6-8-11(10)18-4/h5-9,12-13,15H,1-4H3. The second kappa shape index (κ2) is 4.98. The minimum absolute atomic E-state index is 0.110. The van der Waals surface area contributed by atoms with Crippen LogP contribution in [0.15, 0.2) is 24.3 Å². The van der Waals surface area contributed by atoms with E-state index < -0.39 is 0 Å². The summed E-state index contributed by atoms with van der Waals surface area (Å²) in [5.41, 5.74) is 0.999. The summed E-state index contributed by atoms with van der Waals surface area (Å²) in [4.78, 5) is 13.9. The van der Waals surface area contributed by atoms with Crippen LogP contribution in [0.5, 0.6) is 5.75 Å². The maximum Gasteiger partial charge on any atom is 0.241 e. The van der Waals surface area contributed by atoms with Crippen LogP contribution in [0, 0.1) is 5.92 Å². The normalized spacial score (nSPS) is 23.8. The Balaban J connectivity index is 2.32. The molecule has 1 aliphatic rings. The number of methoxy groups -OCH3 is 1. The van der Waals surface area contributed by atoms with E-state index in [1.54, 1.807) is 12.0 Å². The summed E-state index contributed by atoms with van der Waals surface area (Å²) >= 11 is 0. The monoisotopic (exact) mass is 248 g/mol. The van der Waals surface area contributed by atoms with E-state index in [4.69, 9.17) is 4.74 Å². The molecule has 0 aliphatic carbocycles. The summed E-state index contributed by atoms with van der Waals surface area (Å²) in [6.45, 7) is 4.10. The van der Waals surface area contributed by atoms with E-state index in [9.17, 15) is 4.79 Å². The summed E-state index contributed by atoms with van der Waals surface area (Å²) in [6, 6.07) is 7.67. The molecule has 0 bridgehead atoms. The highest BCUT2D eigenvalue weighted by Crippen LogP contribution is 2.32. The largest absolute Gasteiger partial charge is 0.496 e. The quantitative estimate of drug-likeness (QED) is 0.886. The molecule has 1 amide bonds. The first-order valence-corrected chi connectivity index (χ1v) is 6.22. The highest BCUT2D eigenvalue weighted by Gasteiger charge is 2.39. The number of rotatable bonds is 3. The lowest BCUT2D eigenvalue weighted by atomic mass is 10.1.